The van der Waals surface area contributed by atoms with Gasteiger partial charge in [0.1, 0.15) is 17.5 Å². The van der Waals surface area contributed by atoms with E-state index < -0.39 is 23.7 Å². The molecular formula is C22H17FN2O4S. The van der Waals surface area contributed by atoms with E-state index in [2.05, 4.69) is 4.99 Å². The maximum Gasteiger partial charge on any atom is 0.317 e. The van der Waals surface area contributed by atoms with Crippen molar-refractivity contribution >= 4 is 23.4 Å². The fourth-order valence-corrected chi connectivity index (χ4v) is 5.28. The van der Waals surface area contributed by atoms with Gasteiger partial charge in [-0.25, -0.2) is 9.38 Å². The Bertz CT molecular complexity index is 1360. The predicted molar refractivity (Wildman–Crippen MR) is 108 cm³/mol. The molecule has 8 heteroatoms. The fourth-order valence-electron chi connectivity index (χ4n) is 4.18. The molecule has 2 aromatic carbocycles. The average molecular weight is 424 g/mol. The van der Waals surface area contributed by atoms with Gasteiger partial charge in [-0.05, 0) is 36.8 Å². The first-order valence-corrected chi connectivity index (χ1v) is 10.2. The average Bonchev–Trinajstić information content (AvgIpc) is 3.00. The van der Waals surface area contributed by atoms with Gasteiger partial charge in [-0.15, -0.1) is 0 Å². The van der Waals surface area contributed by atoms with Crippen LogP contribution in [0.2, 0.25) is 0 Å². The Kier molecular flexibility index (Phi) is 4.14. The quantitative estimate of drug-likeness (QED) is 0.590. The Morgan fingerprint density at radius 3 is 2.87 bits per heavy atom. The first-order valence-electron chi connectivity index (χ1n) is 9.35. The number of thiazole rings is 1. The number of rotatable bonds is 2. The van der Waals surface area contributed by atoms with E-state index in [1.807, 2.05) is 18.2 Å². The van der Waals surface area contributed by atoms with E-state index in [0.29, 0.717) is 20.6 Å². The molecule has 30 heavy (non-hydrogen) atoms. The van der Waals surface area contributed by atoms with Crippen LogP contribution in [0.25, 0.3) is 6.08 Å². The van der Waals surface area contributed by atoms with Crippen LogP contribution in [0, 0.1) is 11.7 Å². The van der Waals surface area contributed by atoms with Crippen LogP contribution in [-0.4, -0.2) is 23.4 Å². The van der Waals surface area contributed by atoms with Crippen LogP contribution in [0.1, 0.15) is 24.1 Å². The van der Waals surface area contributed by atoms with Crippen LogP contribution < -0.4 is 19.6 Å². The SMILES string of the molecule is COC(=O)[C@@H]1[C@H]2c3ccccc3O[C@@]1(C)N=c1s/c(=C/c3cccc(F)c3)c(=O)n12. The summed E-state index contributed by atoms with van der Waals surface area (Å²) in [6, 6.07) is 12.7. The summed E-state index contributed by atoms with van der Waals surface area (Å²) in [6.07, 6.45) is 1.63. The summed E-state index contributed by atoms with van der Waals surface area (Å²) < 4.78 is 26.7. The molecule has 2 aliphatic rings. The monoisotopic (exact) mass is 424 g/mol. The lowest BCUT2D eigenvalue weighted by Gasteiger charge is -2.44. The third-order valence-corrected chi connectivity index (χ3v) is 6.46. The lowest BCUT2D eigenvalue weighted by Crippen LogP contribution is -2.58. The van der Waals surface area contributed by atoms with Crippen molar-refractivity contribution in [2.24, 2.45) is 10.9 Å². The number of aromatic nitrogens is 1. The molecule has 0 unspecified atom stereocenters. The lowest BCUT2D eigenvalue weighted by atomic mass is 9.81. The molecule has 0 fully saturated rings. The lowest BCUT2D eigenvalue weighted by molar-refractivity contribution is -0.158. The molecule has 0 N–H and O–H groups in total. The molecule has 3 heterocycles. The molecule has 0 amide bonds. The number of hydrogen-bond acceptors (Lipinski definition) is 6. The summed E-state index contributed by atoms with van der Waals surface area (Å²) in [5, 5.41) is 0. The highest BCUT2D eigenvalue weighted by Gasteiger charge is 2.55. The largest absolute Gasteiger partial charge is 0.469 e. The fraction of sp³-hybridized carbons (Fsp3) is 0.227. The maximum absolute atomic E-state index is 13.6. The number of para-hydroxylation sites is 1. The van der Waals surface area contributed by atoms with Crippen LogP contribution in [0.4, 0.5) is 4.39 Å². The molecule has 0 radical (unpaired) electrons. The minimum absolute atomic E-state index is 0.291. The number of nitrogens with zero attached hydrogens (tertiary/aromatic N) is 2. The second-order valence-electron chi connectivity index (χ2n) is 7.38. The van der Waals surface area contributed by atoms with Gasteiger partial charge in [0.2, 0.25) is 5.72 Å². The van der Waals surface area contributed by atoms with Gasteiger partial charge in [0.15, 0.2) is 4.80 Å². The van der Waals surface area contributed by atoms with Crippen LogP contribution in [0.15, 0.2) is 58.3 Å². The molecule has 1 aromatic heterocycles. The highest BCUT2D eigenvalue weighted by atomic mass is 32.1. The summed E-state index contributed by atoms with van der Waals surface area (Å²) in [4.78, 5) is 31.2. The van der Waals surface area contributed by atoms with Crippen molar-refractivity contribution in [3.63, 3.8) is 0 Å². The van der Waals surface area contributed by atoms with E-state index >= 15 is 0 Å². The maximum atomic E-state index is 13.6. The number of benzene rings is 2. The Morgan fingerprint density at radius 1 is 1.30 bits per heavy atom. The molecule has 5 rings (SSSR count). The van der Waals surface area contributed by atoms with Crippen molar-refractivity contribution in [2.45, 2.75) is 18.7 Å². The Morgan fingerprint density at radius 2 is 2.10 bits per heavy atom. The van der Waals surface area contributed by atoms with Gasteiger partial charge in [0, 0.05) is 5.56 Å². The van der Waals surface area contributed by atoms with Crippen molar-refractivity contribution in [2.75, 3.05) is 7.11 Å². The summed E-state index contributed by atoms with van der Waals surface area (Å²) in [6.45, 7) is 1.72. The minimum Gasteiger partial charge on any atom is -0.469 e. The van der Waals surface area contributed by atoms with Crippen LogP contribution in [0.5, 0.6) is 5.75 Å². The first kappa shape index (κ1) is 18.7. The molecule has 3 aromatic rings. The van der Waals surface area contributed by atoms with Gasteiger partial charge < -0.3 is 9.47 Å². The third kappa shape index (κ3) is 2.71. The van der Waals surface area contributed by atoms with Crippen LogP contribution >= 0.6 is 11.3 Å². The molecule has 152 valence electrons. The van der Waals surface area contributed by atoms with Crippen molar-refractivity contribution in [3.8, 4) is 5.75 Å². The predicted octanol–water partition coefficient (Wildman–Crippen LogP) is 2.00. The molecular weight excluding hydrogens is 407 g/mol. The van der Waals surface area contributed by atoms with Crippen LogP contribution in [0.3, 0.4) is 0 Å². The first-order chi connectivity index (χ1) is 14.4. The molecule has 6 nitrogen and oxygen atoms in total. The number of halogens is 1. The zero-order chi connectivity index (χ0) is 21.0. The minimum atomic E-state index is -1.21. The van der Waals surface area contributed by atoms with E-state index in [1.165, 1.54) is 35.1 Å². The molecule has 0 aliphatic carbocycles. The molecule has 3 atom stereocenters. The highest BCUT2D eigenvalue weighted by molar-refractivity contribution is 7.07. The number of fused-ring (bicyclic) bond motifs is 6. The second-order valence-corrected chi connectivity index (χ2v) is 8.38. The molecule has 0 saturated carbocycles. The Hall–Kier alpha value is -3.26. The van der Waals surface area contributed by atoms with Gasteiger partial charge in [-0.2, -0.15) is 0 Å². The van der Waals surface area contributed by atoms with Gasteiger partial charge in [0.05, 0.1) is 17.7 Å². The number of hydrogen-bond donors (Lipinski definition) is 0. The standard InChI is InChI=1S/C22H17FN2O4S/c1-22-17(20(27)28-2)18(14-8-3-4-9-15(14)29-22)25-19(26)16(30-21(25)24-22)11-12-6-5-7-13(23)10-12/h3-11,17-18H,1-2H3/b16-11+/t17-,18+,22+/m0/s1. The summed E-state index contributed by atoms with van der Waals surface area (Å²) >= 11 is 1.19. The topological polar surface area (TPSA) is 69.9 Å². The van der Waals surface area contributed by atoms with E-state index in [0.717, 1.165) is 5.56 Å². The summed E-state index contributed by atoms with van der Waals surface area (Å²) in [5.41, 5.74) is -0.208. The van der Waals surface area contributed by atoms with Gasteiger partial charge in [0.25, 0.3) is 5.56 Å². The smallest absolute Gasteiger partial charge is 0.317 e. The number of carbonyl (C=O) groups excluding carboxylic acids is 1. The molecule has 2 aliphatic heterocycles. The van der Waals surface area contributed by atoms with E-state index in [-0.39, 0.29) is 11.4 Å². The third-order valence-electron chi connectivity index (χ3n) is 5.48. The van der Waals surface area contributed by atoms with E-state index in [1.54, 1.807) is 31.2 Å². The summed E-state index contributed by atoms with van der Waals surface area (Å²) in [5.74, 6) is -1.13. The number of carbonyl (C=O) groups is 1. The highest BCUT2D eigenvalue weighted by Crippen LogP contribution is 2.47. The van der Waals surface area contributed by atoms with Crippen molar-refractivity contribution in [1.29, 1.82) is 0 Å². The molecule has 0 saturated heterocycles. The van der Waals surface area contributed by atoms with Gasteiger partial charge in [-0.1, -0.05) is 41.7 Å². The summed E-state index contributed by atoms with van der Waals surface area (Å²) in [7, 11) is 1.31. The molecule has 2 bridgehead atoms. The van der Waals surface area contributed by atoms with Crippen molar-refractivity contribution < 1.29 is 18.7 Å². The zero-order valence-corrected chi connectivity index (χ0v) is 17.0. The molecule has 0 spiro atoms. The number of esters is 1. The zero-order valence-electron chi connectivity index (χ0n) is 16.2. The van der Waals surface area contributed by atoms with Crippen molar-refractivity contribution in [3.05, 3.63) is 85.2 Å². The second kappa shape index (κ2) is 6.63. The van der Waals surface area contributed by atoms with Crippen molar-refractivity contribution in [1.82, 2.24) is 4.57 Å². The van der Waals surface area contributed by atoms with Gasteiger partial charge in [-0.3, -0.25) is 14.2 Å². The Labute approximate surface area is 174 Å². The van der Waals surface area contributed by atoms with Crippen LogP contribution in [-0.2, 0) is 9.53 Å². The Balaban J connectivity index is 1.80. The number of methoxy groups -OCH3 is 1. The van der Waals surface area contributed by atoms with E-state index in [9.17, 15) is 14.0 Å². The number of ether oxygens (including phenoxy) is 2. The van der Waals surface area contributed by atoms with Gasteiger partial charge >= 0.3 is 5.97 Å². The van der Waals surface area contributed by atoms with E-state index in [4.69, 9.17) is 9.47 Å². The normalized spacial score (nSPS) is 24.3.